The number of benzene rings is 1. The minimum absolute atomic E-state index is 0.00109. The number of anilines is 1. The van der Waals surface area contributed by atoms with E-state index in [4.69, 9.17) is 10.8 Å². The summed E-state index contributed by atoms with van der Waals surface area (Å²) in [6.07, 6.45) is 3.12. The number of hydrogen-bond donors (Lipinski definition) is 3. The molecule has 4 nitrogen and oxygen atoms in total. The quantitative estimate of drug-likeness (QED) is 0.671. The van der Waals surface area contributed by atoms with E-state index < -0.39 is 5.97 Å². The van der Waals surface area contributed by atoms with Crippen LogP contribution >= 0.6 is 0 Å². The van der Waals surface area contributed by atoms with Gasteiger partial charge in [0.2, 0.25) is 0 Å². The fourth-order valence-electron chi connectivity index (χ4n) is 2.24. The molecule has 1 aromatic rings. The van der Waals surface area contributed by atoms with Crippen LogP contribution in [0, 0.1) is 0 Å². The van der Waals surface area contributed by atoms with E-state index in [-0.39, 0.29) is 12.6 Å². The minimum Gasteiger partial charge on any atom is -0.480 e. The van der Waals surface area contributed by atoms with Crippen molar-refractivity contribution in [2.45, 2.75) is 25.3 Å². The summed E-state index contributed by atoms with van der Waals surface area (Å²) in [7, 11) is 0. The van der Waals surface area contributed by atoms with Crippen LogP contribution in [0.4, 0.5) is 5.69 Å². The lowest BCUT2D eigenvalue weighted by molar-refractivity contribution is -0.136. The van der Waals surface area contributed by atoms with Gasteiger partial charge in [0.1, 0.15) is 0 Å². The zero-order valence-electron chi connectivity index (χ0n) is 9.07. The first-order valence-corrected chi connectivity index (χ1v) is 5.50. The summed E-state index contributed by atoms with van der Waals surface area (Å²) < 4.78 is 0. The maximum absolute atomic E-state index is 10.5. The van der Waals surface area contributed by atoms with Crippen LogP contribution in [0.5, 0.6) is 0 Å². The summed E-state index contributed by atoms with van der Waals surface area (Å²) in [5, 5.41) is 11.7. The number of nitrogens with one attached hydrogen (secondary N) is 1. The highest BCUT2D eigenvalue weighted by atomic mass is 16.4. The number of aliphatic carboxylic acids is 1. The van der Waals surface area contributed by atoms with Gasteiger partial charge in [-0.15, -0.1) is 0 Å². The molecule has 1 unspecified atom stereocenters. The smallest absolute Gasteiger partial charge is 0.317 e. The highest BCUT2D eigenvalue weighted by Crippen LogP contribution is 2.30. The summed E-state index contributed by atoms with van der Waals surface area (Å²) in [5.41, 5.74) is 8.94. The van der Waals surface area contributed by atoms with E-state index in [0.29, 0.717) is 0 Å². The second-order valence-corrected chi connectivity index (χ2v) is 4.18. The van der Waals surface area contributed by atoms with E-state index in [0.717, 1.165) is 30.5 Å². The number of hydrogen-bond acceptors (Lipinski definition) is 3. The molecule has 86 valence electrons. The van der Waals surface area contributed by atoms with Crippen molar-refractivity contribution in [3.8, 4) is 0 Å². The van der Waals surface area contributed by atoms with Gasteiger partial charge in [-0.25, -0.2) is 0 Å². The largest absolute Gasteiger partial charge is 0.480 e. The third-order valence-electron chi connectivity index (χ3n) is 2.98. The number of carboxylic acid groups (broad SMARTS) is 1. The third kappa shape index (κ3) is 2.33. The van der Waals surface area contributed by atoms with Crippen molar-refractivity contribution in [1.82, 2.24) is 5.32 Å². The molecule has 0 aliphatic heterocycles. The van der Waals surface area contributed by atoms with Crippen LogP contribution in [0.2, 0.25) is 0 Å². The Balaban J connectivity index is 2.18. The Morgan fingerprint density at radius 3 is 3.12 bits per heavy atom. The molecule has 0 spiro atoms. The first-order chi connectivity index (χ1) is 7.66. The summed E-state index contributed by atoms with van der Waals surface area (Å²) in [6.45, 7) is -0.00109. The van der Waals surface area contributed by atoms with Crippen LogP contribution in [-0.4, -0.2) is 17.6 Å². The maximum atomic E-state index is 10.5. The Kier molecular flexibility index (Phi) is 3.10. The zero-order chi connectivity index (χ0) is 11.5. The minimum atomic E-state index is -0.823. The average molecular weight is 220 g/mol. The SMILES string of the molecule is Nc1ccc2c(c1)C(NCC(=O)O)CCC2. The number of carbonyl (C=O) groups is 1. The van der Waals surface area contributed by atoms with Crippen molar-refractivity contribution in [2.75, 3.05) is 12.3 Å². The van der Waals surface area contributed by atoms with E-state index in [2.05, 4.69) is 5.32 Å². The van der Waals surface area contributed by atoms with Crippen LogP contribution in [0.25, 0.3) is 0 Å². The molecule has 16 heavy (non-hydrogen) atoms. The standard InChI is InChI=1S/C12H16N2O2/c13-9-5-4-8-2-1-3-11(10(8)6-9)14-7-12(15)16/h4-6,11,14H,1-3,7,13H2,(H,15,16). The lowest BCUT2D eigenvalue weighted by Crippen LogP contribution is -2.30. The van der Waals surface area contributed by atoms with Crippen molar-refractivity contribution in [2.24, 2.45) is 0 Å². The topological polar surface area (TPSA) is 75.3 Å². The lowest BCUT2D eigenvalue weighted by Gasteiger charge is -2.26. The number of nitrogen functional groups attached to an aromatic ring is 1. The monoisotopic (exact) mass is 220 g/mol. The summed E-state index contributed by atoms with van der Waals surface area (Å²) in [5.74, 6) is -0.823. The van der Waals surface area contributed by atoms with Crippen molar-refractivity contribution < 1.29 is 9.90 Å². The fourth-order valence-corrected chi connectivity index (χ4v) is 2.24. The molecule has 4 N–H and O–H groups in total. The molecule has 1 atom stereocenters. The van der Waals surface area contributed by atoms with Gasteiger partial charge in [-0.2, -0.15) is 0 Å². The molecule has 4 heteroatoms. The van der Waals surface area contributed by atoms with Crippen molar-refractivity contribution in [3.63, 3.8) is 0 Å². The zero-order valence-corrected chi connectivity index (χ0v) is 9.07. The molecular weight excluding hydrogens is 204 g/mol. The first kappa shape index (κ1) is 11.0. The summed E-state index contributed by atoms with van der Waals surface area (Å²) >= 11 is 0. The van der Waals surface area contributed by atoms with Gasteiger partial charge < -0.3 is 16.2 Å². The Morgan fingerprint density at radius 2 is 2.38 bits per heavy atom. The molecule has 0 bridgehead atoms. The van der Waals surface area contributed by atoms with E-state index >= 15 is 0 Å². The van der Waals surface area contributed by atoms with Gasteiger partial charge in [0, 0.05) is 11.7 Å². The highest BCUT2D eigenvalue weighted by molar-refractivity contribution is 5.69. The van der Waals surface area contributed by atoms with Gasteiger partial charge in [0.05, 0.1) is 6.54 Å². The van der Waals surface area contributed by atoms with Gasteiger partial charge in [0.25, 0.3) is 0 Å². The van der Waals surface area contributed by atoms with E-state index in [9.17, 15) is 4.79 Å². The van der Waals surface area contributed by atoms with E-state index in [1.54, 1.807) is 0 Å². The Hall–Kier alpha value is -1.55. The van der Waals surface area contributed by atoms with Crippen molar-refractivity contribution >= 4 is 11.7 Å². The lowest BCUT2D eigenvalue weighted by atomic mass is 9.87. The van der Waals surface area contributed by atoms with Crippen LogP contribution in [0.15, 0.2) is 18.2 Å². The first-order valence-electron chi connectivity index (χ1n) is 5.50. The van der Waals surface area contributed by atoms with Gasteiger partial charge in [-0.1, -0.05) is 6.07 Å². The Labute approximate surface area is 94.5 Å². The number of aryl methyl sites for hydroxylation is 1. The molecule has 2 rings (SSSR count). The van der Waals surface area contributed by atoms with Crippen LogP contribution in [-0.2, 0) is 11.2 Å². The molecule has 0 saturated heterocycles. The number of rotatable bonds is 3. The van der Waals surface area contributed by atoms with Crippen molar-refractivity contribution in [3.05, 3.63) is 29.3 Å². The number of fused-ring (bicyclic) bond motifs is 1. The normalized spacial score (nSPS) is 19.1. The Morgan fingerprint density at radius 1 is 1.56 bits per heavy atom. The molecule has 0 saturated carbocycles. The molecule has 0 aromatic heterocycles. The van der Waals surface area contributed by atoms with Gasteiger partial charge in [-0.05, 0) is 42.5 Å². The van der Waals surface area contributed by atoms with Gasteiger partial charge in [0.15, 0.2) is 0 Å². The van der Waals surface area contributed by atoms with Crippen molar-refractivity contribution in [1.29, 1.82) is 0 Å². The fraction of sp³-hybridized carbons (Fsp3) is 0.417. The third-order valence-corrected chi connectivity index (χ3v) is 2.98. The second kappa shape index (κ2) is 4.53. The molecule has 0 radical (unpaired) electrons. The highest BCUT2D eigenvalue weighted by Gasteiger charge is 2.20. The van der Waals surface area contributed by atoms with Crippen LogP contribution in [0.3, 0.4) is 0 Å². The van der Waals surface area contributed by atoms with Gasteiger partial charge in [-0.3, -0.25) is 4.79 Å². The molecule has 0 fully saturated rings. The second-order valence-electron chi connectivity index (χ2n) is 4.18. The average Bonchev–Trinajstić information content (AvgIpc) is 2.26. The predicted octanol–water partition coefficient (Wildman–Crippen LogP) is 1.32. The molecular formula is C12H16N2O2. The predicted molar refractivity (Wildman–Crippen MR) is 62.2 cm³/mol. The summed E-state index contributed by atoms with van der Waals surface area (Å²) in [6, 6.07) is 6.02. The molecule has 0 amide bonds. The summed E-state index contributed by atoms with van der Waals surface area (Å²) in [4.78, 5) is 10.5. The molecule has 1 aliphatic carbocycles. The molecule has 1 aliphatic rings. The van der Waals surface area contributed by atoms with E-state index in [1.165, 1.54) is 5.56 Å². The Bertz CT molecular complexity index is 404. The number of nitrogens with two attached hydrogens (primary N) is 1. The maximum Gasteiger partial charge on any atom is 0.317 e. The molecule has 1 aromatic carbocycles. The van der Waals surface area contributed by atoms with Gasteiger partial charge >= 0.3 is 5.97 Å². The van der Waals surface area contributed by atoms with Crippen LogP contribution < -0.4 is 11.1 Å². The van der Waals surface area contributed by atoms with Crippen LogP contribution in [0.1, 0.15) is 30.0 Å². The molecule has 0 heterocycles. The number of carboxylic acids is 1. The van der Waals surface area contributed by atoms with E-state index in [1.807, 2.05) is 18.2 Å².